The molecule has 6 heteroatoms. The number of carbonyl (C=O) groups excluding carboxylic acids is 1. The van der Waals surface area contributed by atoms with Crippen molar-refractivity contribution in [3.8, 4) is 11.5 Å². The number of hydrogen-bond acceptors (Lipinski definition) is 4. The molecule has 0 aliphatic rings. The van der Waals surface area contributed by atoms with Gasteiger partial charge in [0.1, 0.15) is 0 Å². The van der Waals surface area contributed by atoms with Gasteiger partial charge in [-0.25, -0.2) is 0 Å². The lowest BCUT2D eigenvalue weighted by atomic mass is 10.1. The summed E-state index contributed by atoms with van der Waals surface area (Å²) in [5.41, 5.74) is 7.18. The molecule has 0 unspecified atom stereocenters. The van der Waals surface area contributed by atoms with Crippen molar-refractivity contribution < 1.29 is 14.3 Å². The summed E-state index contributed by atoms with van der Waals surface area (Å²) in [6, 6.07) is 9.99. The third kappa shape index (κ3) is 4.29. The van der Waals surface area contributed by atoms with Gasteiger partial charge in [0.25, 0.3) is 5.91 Å². The molecule has 0 heterocycles. The molecule has 0 atom stereocenters. The van der Waals surface area contributed by atoms with E-state index in [1.54, 1.807) is 36.4 Å². The first-order valence-electron chi connectivity index (χ1n) is 7.31. The molecule has 0 radical (unpaired) electrons. The lowest BCUT2D eigenvalue weighted by molar-refractivity contribution is 0.102. The smallest absolute Gasteiger partial charge is 0.255 e. The predicted molar refractivity (Wildman–Crippen MR) is 92.6 cm³/mol. The Morgan fingerprint density at radius 3 is 2.43 bits per heavy atom. The number of rotatable bonds is 6. The fraction of sp³-hybridized carbons (Fsp3) is 0.235. The molecule has 23 heavy (non-hydrogen) atoms. The summed E-state index contributed by atoms with van der Waals surface area (Å²) < 4.78 is 11.0. The molecule has 0 aromatic heterocycles. The van der Waals surface area contributed by atoms with E-state index >= 15 is 0 Å². The Kier molecular flexibility index (Phi) is 5.71. The fourth-order valence-electron chi connectivity index (χ4n) is 2.02. The standard InChI is InChI=1S/C17H19ClN2O3/c1-3-22-15-8-5-11(9-16(15)23-4-2)17(21)20-12-6-7-13(18)14(19)10-12/h5-10H,3-4,19H2,1-2H3,(H,20,21). The molecule has 1 amide bonds. The highest BCUT2D eigenvalue weighted by Gasteiger charge is 2.12. The van der Waals surface area contributed by atoms with Gasteiger partial charge in [0.15, 0.2) is 11.5 Å². The highest BCUT2D eigenvalue weighted by molar-refractivity contribution is 6.33. The number of ether oxygens (including phenoxy) is 2. The summed E-state index contributed by atoms with van der Waals surface area (Å²) >= 11 is 5.87. The molecule has 0 saturated heterocycles. The molecule has 122 valence electrons. The SMILES string of the molecule is CCOc1ccc(C(=O)Nc2ccc(Cl)c(N)c2)cc1OCC. The number of hydrogen-bond donors (Lipinski definition) is 2. The Balaban J connectivity index is 2.21. The van der Waals surface area contributed by atoms with Crippen LogP contribution in [0.25, 0.3) is 0 Å². The van der Waals surface area contributed by atoms with E-state index in [0.29, 0.717) is 46.7 Å². The van der Waals surface area contributed by atoms with Gasteiger partial charge in [-0.1, -0.05) is 11.6 Å². The summed E-state index contributed by atoms with van der Waals surface area (Å²) in [7, 11) is 0. The second kappa shape index (κ2) is 7.74. The molecule has 3 N–H and O–H groups in total. The van der Waals surface area contributed by atoms with Gasteiger partial charge >= 0.3 is 0 Å². The molecule has 0 aliphatic heterocycles. The minimum Gasteiger partial charge on any atom is -0.490 e. The zero-order valence-electron chi connectivity index (χ0n) is 13.1. The number of carbonyl (C=O) groups is 1. The number of benzene rings is 2. The average Bonchev–Trinajstić information content (AvgIpc) is 2.53. The van der Waals surface area contributed by atoms with Gasteiger partial charge in [0.2, 0.25) is 0 Å². The van der Waals surface area contributed by atoms with Crippen molar-refractivity contribution in [3.63, 3.8) is 0 Å². The minimum absolute atomic E-state index is 0.268. The van der Waals surface area contributed by atoms with Crippen molar-refractivity contribution in [1.82, 2.24) is 0 Å². The van der Waals surface area contributed by atoms with Gasteiger partial charge in [-0.2, -0.15) is 0 Å². The van der Waals surface area contributed by atoms with Crippen LogP contribution in [0, 0.1) is 0 Å². The summed E-state index contributed by atoms with van der Waals surface area (Å²) in [5, 5.41) is 3.22. The number of halogens is 1. The molecule has 0 saturated carbocycles. The molecule has 0 bridgehead atoms. The predicted octanol–water partition coefficient (Wildman–Crippen LogP) is 3.97. The van der Waals surface area contributed by atoms with E-state index in [0.717, 1.165) is 0 Å². The zero-order valence-corrected chi connectivity index (χ0v) is 13.8. The van der Waals surface area contributed by atoms with E-state index in [1.807, 2.05) is 13.8 Å². The van der Waals surface area contributed by atoms with Crippen LogP contribution in [-0.4, -0.2) is 19.1 Å². The first-order chi connectivity index (χ1) is 11.0. The van der Waals surface area contributed by atoms with E-state index < -0.39 is 0 Å². The van der Waals surface area contributed by atoms with Crippen LogP contribution in [0.1, 0.15) is 24.2 Å². The van der Waals surface area contributed by atoms with Crippen LogP contribution in [0.5, 0.6) is 11.5 Å². The Morgan fingerprint density at radius 2 is 1.78 bits per heavy atom. The second-order valence-electron chi connectivity index (χ2n) is 4.72. The Bertz CT molecular complexity index is 704. The van der Waals surface area contributed by atoms with Crippen molar-refractivity contribution in [2.24, 2.45) is 0 Å². The van der Waals surface area contributed by atoms with Crippen LogP contribution in [0.15, 0.2) is 36.4 Å². The van der Waals surface area contributed by atoms with E-state index in [1.165, 1.54) is 0 Å². The zero-order chi connectivity index (χ0) is 16.8. The van der Waals surface area contributed by atoms with E-state index in [4.69, 9.17) is 26.8 Å². The molecule has 0 aliphatic carbocycles. The van der Waals surface area contributed by atoms with Gasteiger partial charge < -0.3 is 20.5 Å². The van der Waals surface area contributed by atoms with Crippen LogP contribution in [-0.2, 0) is 0 Å². The van der Waals surface area contributed by atoms with Gasteiger partial charge in [-0.15, -0.1) is 0 Å². The van der Waals surface area contributed by atoms with Gasteiger partial charge in [-0.05, 0) is 50.2 Å². The highest BCUT2D eigenvalue weighted by Crippen LogP contribution is 2.29. The molecule has 5 nitrogen and oxygen atoms in total. The largest absolute Gasteiger partial charge is 0.490 e. The lowest BCUT2D eigenvalue weighted by Crippen LogP contribution is -2.12. The molecule has 2 aromatic rings. The quantitative estimate of drug-likeness (QED) is 0.784. The Labute approximate surface area is 140 Å². The van der Waals surface area contributed by atoms with E-state index in [2.05, 4.69) is 5.32 Å². The molecule has 2 rings (SSSR count). The van der Waals surface area contributed by atoms with E-state index in [-0.39, 0.29) is 5.91 Å². The summed E-state index contributed by atoms with van der Waals surface area (Å²) in [6.45, 7) is 4.77. The lowest BCUT2D eigenvalue weighted by Gasteiger charge is -2.12. The van der Waals surface area contributed by atoms with Gasteiger partial charge in [0, 0.05) is 11.3 Å². The maximum atomic E-state index is 12.4. The van der Waals surface area contributed by atoms with Crippen molar-refractivity contribution in [2.75, 3.05) is 24.3 Å². The third-order valence-electron chi connectivity index (χ3n) is 3.06. The number of nitrogen functional groups attached to an aromatic ring is 1. The summed E-state index contributed by atoms with van der Waals surface area (Å²) in [6.07, 6.45) is 0. The number of amides is 1. The molecule has 0 spiro atoms. The van der Waals surface area contributed by atoms with Gasteiger partial charge in [-0.3, -0.25) is 4.79 Å². The van der Waals surface area contributed by atoms with Crippen molar-refractivity contribution in [1.29, 1.82) is 0 Å². The van der Waals surface area contributed by atoms with Crippen LogP contribution in [0.4, 0.5) is 11.4 Å². The van der Waals surface area contributed by atoms with Crippen LogP contribution >= 0.6 is 11.6 Å². The second-order valence-corrected chi connectivity index (χ2v) is 5.13. The average molecular weight is 335 g/mol. The van der Waals surface area contributed by atoms with Crippen LogP contribution < -0.4 is 20.5 Å². The Hall–Kier alpha value is -2.40. The first kappa shape index (κ1) is 17.0. The highest BCUT2D eigenvalue weighted by atomic mass is 35.5. The first-order valence-corrected chi connectivity index (χ1v) is 7.69. The normalized spacial score (nSPS) is 10.2. The monoisotopic (exact) mass is 334 g/mol. The summed E-state index contributed by atoms with van der Waals surface area (Å²) in [4.78, 5) is 12.4. The maximum absolute atomic E-state index is 12.4. The fourth-order valence-corrected chi connectivity index (χ4v) is 2.13. The van der Waals surface area contributed by atoms with Crippen LogP contribution in [0.2, 0.25) is 5.02 Å². The molecule has 0 fully saturated rings. The van der Waals surface area contributed by atoms with Crippen LogP contribution in [0.3, 0.4) is 0 Å². The van der Waals surface area contributed by atoms with E-state index in [9.17, 15) is 4.79 Å². The number of nitrogens with one attached hydrogen (secondary N) is 1. The topological polar surface area (TPSA) is 73.6 Å². The maximum Gasteiger partial charge on any atom is 0.255 e. The minimum atomic E-state index is -0.268. The Morgan fingerprint density at radius 1 is 1.09 bits per heavy atom. The molecular formula is C17H19ClN2O3. The van der Waals surface area contributed by atoms with Gasteiger partial charge in [0.05, 0.1) is 23.9 Å². The molecular weight excluding hydrogens is 316 g/mol. The molecule has 2 aromatic carbocycles. The van der Waals surface area contributed by atoms with Crippen molar-refractivity contribution in [2.45, 2.75) is 13.8 Å². The number of anilines is 2. The third-order valence-corrected chi connectivity index (χ3v) is 3.40. The van der Waals surface area contributed by atoms with Crippen molar-refractivity contribution >= 4 is 28.9 Å². The van der Waals surface area contributed by atoms with Crippen molar-refractivity contribution in [3.05, 3.63) is 47.0 Å². The number of nitrogens with two attached hydrogens (primary N) is 1. The summed E-state index contributed by atoms with van der Waals surface area (Å²) in [5.74, 6) is 0.884.